The first-order valence-corrected chi connectivity index (χ1v) is 9.33. The summed E-state index contributed by atoms with van der Waals surface area (Å²) in [5, 5.41) is 29.2. The van der Waals surface area contributed by atoms with Gasteiger partial charge in [-0.15, -0.1) is 0 Å². The number of nitrogens with zero attached hydrogens (tertiary/aromatic N) is 1. The number of aromatic hydroxyl groups is 1. The van der Waals surface area contributed by atoms with Crippen LogP contribution in [0.5, 0.6) is 5.75 Å². The molecule has 1 unspecified atom stereocenters. The maximum absolute atomic E-state index is 11.2. The number of carbonyl (C=O) groups is 1. The molecule has 2 N–H and O–H groups in total. The van der Waals surface area contributed by atoms with Crippen LogP contribution in [0.3, 0.4) is 0 Å². The van der Waals surface area contributed by atoms with Crippen LogP contribution in [0.4, 0.5) is 0 Å². The van der Waals surface area contributed by atoms with E-state index in [0.717, 1.165) is 49.7 Å². The van der Waals surface area contributed by atoms with Gasteiger partial charge in [0.1, 0.15) is 5.75 Å². The SMILES string of the molecule is C[C@]12CC[C@]3(C#N)c4ccc(O)cc4CC[C@H]3[C@@H]1CC(CC(=O)O)C2. The van der Waals surface area contributed by atoms with E-state index >= 15 is 0 Å². The topological polar surface area (TPSA) is 81.3 Å². The number of fused-ring (bicyclic) bond motifs is 5. The van der Waals surface area contributed by atoms with Gasteiger partial charge in [-0.1, -0.05) is 13.0 Å². The third-order valence-electron chi connectivity index (χ3n) is 7.40. The Morgan fingerprint density at radius 2 is 2.16 bits per heavy atom. The first kappa shape index (κ1) is 16.4. The average molecular weight is 339 g/mol. The fourth-order valence-corrected chi connectivity index (χ4v) is 6.40. The minimum absolute atomic E-state index is 0.166. The molecule has 4 nitrogen and oxygen atoms in total. The quantitative estimate of drug-likeness (QED) is 0.853. The standard InChI is InChI=1S/C21H25NO3/c1-20-6-7-21(12-22)16-5-3-15(23)10-14(16)2-4-17(21)18(20)8-13(11-20)9-19(24)25/h3,5,10,13,17-18,23H,2,4,6-9,11H2,1H3,(H,24,25)/t13?,17-,18-,20+,21-/m0/s1. The summed E-state index contributed by atoms with van der Waals surface area (Å²) in [5.74, 6) is 0.527. The lowest BCUT2D eigenvalue weighted by Crippen LogP contribution is -2.50. The van der Waals surface area contributed by atoms with E-state index in [1.807, 2.05) is 12.1 Å². The molecule has 0 heterocycles. The van der Waals surface area contributed by atoms with Crippen LogP contribution in [-0.2, 0) is 16.6 Å². The van der Waals surface area contributed by atoms with Crippen LogP contribution in [-0.4, -0.2) is 16.2 Å². The number of aryl methyl sites for hydroxylation is 1. The molecule has 1 aromatic rings. The first-order chi connectivity index (χ1) is 11.9. The minimum Gasteiger partial charge on any atom is -0.508 e. The van der Waals surface area contributed by atoms with Gasteiger partial charge in [0.2, 0.25) is 0 Å². The predicted octanol–water partition coefficient (Wildman–Crippen LogP) is 4.02. The predicted molar refractivity (Wildman–Crippen MR) is 93.0 cm³/mol. The van der Waals surface area contributed by atoms with Crippen molar-refractivity contribution < 1.29 is 15.0 Å². The molecule has 4 heteroatoms. The Bertz CT molecular complexity index is 767. The van der Waals surface area contributed by atoms with Gasteiger partial charge in [-0.3, -0.25) is 4.79 Å². The van der Waals surface area contributed by atoms with Gasteiger partial charge in [0, 0.05) is 6.42 Å². The third-order valence-corrected chi connectivity index (χ3v) is 7.40. The lowest BCUT2D eigenvalue weighted by Gasteiger charge is -2.53. The Labute approximate surface area is 148 Å². The monoisotopic (exact) mass is 339 g/mol. The number of phenols is 1. The second kappa shape index (κ2) is 5.49. The number of benzene rings is 1. The van der Waals surface area contributed by atoms with Crippen molar-refractivity contribution in [2.75, 3.05) is 0 Å². The molecule has 4 rings (SSSR count). The highest BCUT2D eigenvalue weighted by Gasteiger charge is 2.59. The summed E-state index contributed by atoms with van der Waals surface area (Å²) in [6.45, 7) is 2.31. The maximum atomic E-state index is 11.2. The Hall–Kier alpha value is -2.02. The summed E-state index contributed by atoms with van der Waals surface area (Å²) < 4.78 is 0. The van der Waals surface area contributed by atoms with Crippen molar-refractivity contribution in [3.05, 3.63) is 29.3 Å². The van der Waals surface area contributed by atoms with E-state index in [1.54, 1.807) is 6.07 Å². The van der Waals surface area contributed by atoms with Gasteiger partial charge in [0.25, 0.3) is 0 Å². The molecule has 3 aliphatic rings. The zero-order valence-electron chi connectivity index (χ0n) is 14.7. The van der Waals surface area contributed by atoms with E-state index in [4.69, 9.17) is 0 Å². The number of carboxylic acids is 1. The van der Waals surface area contributed by atoms with Crippen molar-refractivity contribution in [1.82, 2.24) is 0 Å². The maximum Gasteiger partial charge on any atom is 0.303 e. The third kappa shape index (κ3) is 2.36. The fourth-order valence-electron chi connectivity index (χ4n) is 6.40. The molecular weight excluding hydrogens is 314 g/mol. The molecule has 0 amide bonds. The fraction of sp³-hybridized carbons (Fsp3) is 0.619. The number of rotatable bonds is 2. The van der Waals surface area contributed by atoms with Crippen LogP contribution in [0.25, 0.3) is 0 Å². The Morgan fingerprint density at radius 3 is 2.88 bits per heavy atom. The van der Waals surface area contributed by atoms with Crippen molar-refractivity contribution in [2.24, 2.45) is 23.2 Å². The summed E-state index contributed by atoms with van der Waals surface area (Å²) >= 11 is 0. The molecule has 132 valence electrons. The number of nitriles is 1. The summed E-state index contributed by atoms with van der Waals surface area (Å²) in [6.07, 6.45) is 5.85. The van der Waals surface area contributed by atoms with Gasteiger partial charge in [-0.05, 0) is 85.0 Å². The van der Waals surface area contributed by atoms with E-state index in [9.17, 15) is 20.3 Å². The Kier molecular flexibility index (Phi) is 3.61. The van der Waals surface area contributed by atoms with Crippen LogP contribution in [0.1, 0.15) is 56.6 Å². The molecule has 0 radical (unpaired) electrons. The molecule has 25 heavy (non-hydrogen) atoms. The lowest BCUT2D eigenvalue weighted by atomic mass is 9.49. The van der Waals surface area contributed by atoms with Crippen molar-refractivity contribution >= 4 is 5.97 Å². The van der Waals surface area contributed by atoms with Crippen molar-refractivity contribution in [3.8, 4) is 11.8 Å². The highest BCUT2D eigenvalue weighted by atomic mass is 16.4. The molecule has 0 aliphatic heterocycles. The molecule has 0 spiro atoms. The number of carboxylic acid groups (broad SMARTS) is 1. The van der Waals surface area contributed by atoms with Crippen molar-refractivity contribution in [1.29, 1.82) is 5.26 Å². The molecule has 1 aromatic carbocycles. The van der Waals surface area contributed by atoms with Crippen molar-refractivity contribution in [2.45, 2.75) is 57.3 Å². The molecular formula is C21H25NO3. The molecule has 0 saturated heterocycles. The van der Waals surface area contributed by atoms with E-state index in [1.165, 1.54) is 0 Å². The lowest BCUT2D eigenvalue weighted by molar-refractivity contribution is -0.138. The van der Waals surface area contributed by atoms with E-state index in [-0.39, 0.29) is 23.5 Å². The van der Waals surface area contributed by atoms with Gasteiger partial charge in [-0.2, -0.15) is 5.26 Å². The van der Waals surface area contributed by atoms with Crippen LogP contribution in [0, 0.1) is 34.5 Å². The highest BCUT2D eigenvalue weighted by Crippen LogP contribution is 2.64. The summed E-state index contributed by atoms with van der Waals surface area (Å²) in [4.78, 5) is 11.2. The summed E-state index contributed by atoms with van der Waals surface area (Å²) in [5.41, 5.74) is 1.91. The van der Waals surface area contributed by atoms with Crippen LogP contribution >= 0.6 is 0 Å². The summed E-state index contributed by atoms with van der Waals surface area (Å²) in [7, 11) is 0. The second-order valence-electron chi connectivity index (χ2n) is 8.73. The van der Waals surface area contributed by atoms with Gasteiger partial charge < -0.3 is 10.2 Å². The number of hydrogen-bond donors (Lipinski definition) is 2. The van der Waals surface area contributed by atoms with Gasteiger partial charge in [-0.25, -0.2) is 0 Å². The van der Waals surface area contributed by atoms with Crippen LogP contribution in [0.15, 0.2) is 18.2 Å². The average Bonchev–Trinajstić information content (AvgIpc) is 2.89. The number of phenolic OH excluding ortho intramolecular Hbond substituents is 1. The van der Waals surface area contributed by atoms with Gasteiger partial charge >= 0.3 is 5.97 Å². The van der Waals surface area contributed by atoms with E-state index in [2.05, 4.69) is 13.0 Å². The molecule has 2 saturated carbocycles. The molecule has 3 aliphatic carbocycles. The zero-order valence-corrected chi connectivity index (χ0v) is 14.7. The number of aliphatic carboxylic acids is 1. The Balaban J connectivity index is 1.73. The normalized spacial score (nSPS) is 39.0. The number of hydrogen-bond acceptors (Lipinski definition) is 3. The van der Waals surface area contributed by atoms with Crippen molar-refractivity contribution in [3.63, 3.8) is 0 Å². The van der Waals surface area contributed by atoms with Gasteiger partial charge in [0.15, 0.2) is 0 Å². The van der Waals surface area contributed by atoms with Gasteiger partial charge in [0.05, 0.1) is 11.5 Å². The molecule has 5 atom stereocenters. The summed E-state index contributed by atoms with van der Waals surface area (Å²) in [6, 6.07) is 8.16. The second-order valence-corrected chi connectivity index (χ2v) is 8.73. The van der Waals surface area contributed by atoms with Crippen LogP contribution < -0.4 is 0 Å². The molecule has 2 fully saturated rings. The molecule has 0 bridgehead atoms. The first-order valence-electron chi connectivity index (χ1n) is 9.33. The minimum atomic E-state index is -0.705. The highest BCUT2D eigenvalue weighted by molar-refractivity contribution is 5.67. The zero-order chi connectivity index (χ0) is 17.8. The molecule has 0 aromatic heterocycles. The largest absolute Gasteiger partial charge is 0.508 e. The Morgan fingerprint density at radius 1 is 1.36 bits per heavy atom. The van der Waals surface area contributed by atoms with E-state index < -0.39 is 11.4 Å². The van der Waals surface area contributed by atoms with E-state index in [0.29, 0.717) is 11.8 Å². The smallest absolute Gasteiger partial charge is 0.303 e. The van der Waals surface area contributed by atoms with Crippen LogP contribution in [0.2, 0.25) is 0 Å².